The molecule has 0 saturated carbocycles. The molecule has 2 amide bonds. The third kappa shape index (κ3) is 5.97. The van der Waals surface area contributed by atoms with Gasteiger partial charge in [0, 0.05) is 11.8 Å². The summed E-state index contributed by atoms with van der Waals surface area (Å²) in [7, 11) is 1.25. The van der Waals surface area contributed by atoms with Crippen LogP contribution in [-0.2, 0) is 20.7 Å². The number of nitrogens with one attached hydrogen (secondary N) is 2. The van der Waals surface area contributed by atoms with Crippen LogP contribution in [0.1, 0.15) is 27.7 Å². The van der Waals surface area contributed by atoms with Gasteiger partial charge in [-0.05, 0) is 11.1 Å². The number of thiazole rings is 1. The van der Waals surface area contributed by atoms with Crippen molar-refractivity contribution >= 4 is 34.3 Å². The third-order valence-corrected chi connectivity index (χ3v) is 5.24. The lowest BCUT2D eigenvalue weighted by molar-refractivity contribution is -0.127. The number of rotatable bonds is 8. The van der Waals surface area contributed by atoms with E-state index in [1.54, 1.807) is 24.3 Å². The van der Waals surface area contributed by atoms with Gasteiger partial charge in [0.15, 0.2) is 10.8 Å². The van der Waals surface area contributed by atoms with E-state index in [4.69, 9.17) is 5.73 Å². The lowest BCUT2D eigenvalue weighted by atomic mass is 10.0. The molecule has 3 aromatic rings. The lowest BCUT2D eigenvalue weighted by Crippen LogP contribution is -2.48. The molecule has 9 heteroatoms. The van der Waals surface area contributed by atoms with Gasteiger partial charge in [0.25, 0.3) is 0 Å². The van der Waals surface area contributed by atoms with Gasteiger partial charge in [-0.1, -0.05) is 60.7 Å². The average Bonchev–Trinajstić information content (AvgIpc) is 3.27. The van der Waals surface area contributed by atoms with Gasteiger partial charge in [-0.2, -0.15) is 0 Å². The number of carbonyl (C=O) groups is 3. The van der Waals surface area contributed by atoms with Crippen molar-refractivity contribution in [2.45, 2.75) is 18.5 Å². The predicted octanol–water partition coefficient (Wildman–Crippen LogP) is 2.30. The zero-order chi connectivity index (χ0) is 22.2. The van der Waals surface area contributed by atoms with Crippen LogP contribution in [0.15, 0.2) is 66.0 Å². The smallest absolute Gasteiger partial charge is 0.357 e. The molecule has 0 radical (unpaired) electrons. The molecular formula is C22H22N4O4S. The Hall–Kier alpha value is -3.56. The molecule has 3 rings (SSSR count). The standard InChI is InChI=1S/C22H22N4O4S/c1-30-21(29)17-13-31-22(25-17)26-19(27)16(12-14-8-4-2-5-9-14)24-20(28)18(23)15-10-6-3-7-11-15/h2-11,13,16,18H,12,23H2,1H3,(H,24,28)(H,25,26,27). The minimum Gasteiger partial charge on any atom is -0.464 e. The molecule has 2 aromatic carbocycles. The summed E-state index contributed by atoms with van der Waals surface area (Å²) in [6.45, 7) is 0. The lowest BCUT2D eigenvalue weighted by Gasteiger charge is -2.20. The topological polar surface area (TPSA) is 123 Å². The van der Waals surface area contributed by atoms with Crippen molar-refractivity contribution < 1.29 is 19.1 Å². The largest absolute Gasteiger partial charge is 0.464 e. The van der Waals surface area contributed by atoms with E-state index in [0.29, 0.717) is 5.56 Å². The van der Waals surface area contributed by atoms with Crippen LogP contribution in [0.2, 0.25) is 0 Å². The molecule has 2 unspecified atom stereocenters. The van der Waals surface area contributed by atoms with Gasteiger partial charge in [0.2, 0.25) is 11.8 Å². The van der Waals surface area contributed by atoms with Gasteiger partial charge in [-0.3, -0.25) is 9.59 Å². The van der Waals surface area contributed by atoms with Crippen molar-refractivity contribution in [2.75, 3.05) is 12.4 Å². The second-order valence-electron chi connectivity index (χ2n) is 6.66. The van der Waals surface area contributed by atoms with Crippen molar-refractivity contribution in [3.63, 3.8) is 0 Å². The SMILES string of the molecule is COC(=O)c1csc(NC(=O)C(Cc2ccccc2)NC(=O)C(N)c2ccccc2)n1. The summed E-state index contributed by atoms with van der Waals surface area (Å²) in [5, 5.41) is 7.10. The Balaban J connectivity index is 1.75. The summed E-state index contributed by atoms with van der Waals surface area (Å²) in [6, 6.07) is 16.4. The van der Waals surface area contributed by atoms with Gasteiger partial charge < -0.3 is 21.1 Å². The van der Waals surface area contributed by atoms with Crippen molar-refractivity contribution in [2.24, 2.45) is 5.73 Å². The predicted molar refractivity (Wildman–Crippen MR) is 118 cm³/mol. The van der Waals surface area contributed by atoms with E-state index in [-0.39, 0.29) is 17.2 Å². The second kappa shape index (κ2) is 10.5. The molecule has 8 nitrogen and oxygen atoms in total. The van der Waals surface area contributed by atoms with Crippen molar-refractivity contribution in [1.82, 2.24) is 10.3 Å². The molecule has 0 aliphatic rings. The fourth-order valence-corrected chi connectivity index (χ4v) is 3.54. The molecule has 0 aliphatic heterocycles. The quantitative estimate of drug-likeness (QED) is 0.464. The number of amides is 2. The number of aromatic nitrogens is 1. The van der Waals surface area contributed by atoms with Gasteiger partial charge >= 0.3 is 5.97 Å². The van der Waals surface area contributed by atoms with E-state index < -0.39 is 29.9 Å². The van der Waals surface area contributed by atoms with Crippen LogP contribution in [0, 0.1) is 0 Å². The highest BCUT2D eigenvalue weighted by molar-refractivity contribution is 7.14. The molecule has 0 aliphatic carbocycles. The first kappa shape index (κ1) is 22.1. The number of hydrogen-bond acceptors (Lipinski definition) is 7. The molecule has 0 bridgehead atoms. The normalized spacial score (nSPS) is 12.5. The van der Waals surface area contributed by atoms with E-state index in [1.165, 1.54) is 12.5 Å². The number of methoxy groups -OCH3 is 1. The Morgan fingerprint density at radius 2 is 1.68 bits per heavy atom. The molecule has 1 heterocycles. The minimum absolute atomic E-state index is 0.0949. The van der Waals surface area contributed by atoms with Crippen molar-refractivity contribution in [1.29, 1.82) is 0 Å². The molecule has 0 fully saturated rings. The first-order valence-electron chi connectivity index (χ1n) is 9.47. The van der Waals surface area contributed by atoms with Gasteiger partial charge in [-0.15, -0.1) is 11.3 Å². The highest BCUT2D eigenvalue weighted by Gasteiger charge is 2.26. The number of benzene rings is 2. The van der Waals surface area contributed by atoms with E-state index in [0.717, 1.165) is 16.9 Å². The van der Waals surface area contributed by atoms with Crippen LogP contribution in [-0.4, -0.2) is 35.9 Å². The highest BCUT2D eigenvalue weighted by Crippen LogP contribution is 2.17. The first-order valence-corrected chi connectivity index (χ1v) is 10.4. The Morgan fingerprint density at radius 1 is 1.03 bits per heavy atom. The molecule has 0 spiro atoms. The van der Waals surface area contributed by atoms with E-state index in [2.05, 4.69) is 20.4 Å². The number of anilines is 1. The first-order chi connectivity index (χ1) is 15.0. The zero-order valence-corrected chi connectivity index (χ0v) is 17.6. The Kier molecular flexibility index (Phi) is 7.47. The number of esters is 1. The molecular weight excluding hydrogens is 416 g/mol. The summed E-state index contributed by atoms with van der Waals surface area (Å²) < 4.78 is 4.62. The summed E-state index contributed by atoms with van der Waals surface area (Å²) in [6.07, 6.45) is 0.259. The summed E-state index contributed by atoms with van der Waals surface area (Å²) >= 11 is 1.09. The van der Waals surface area contributed by atoms with Crippen molar-refractivity contribution in [3.05, 3.63) is 82.9 Å². The molecule has 4 N–H and O–H groups in total. The zero-order valence-electron chi connectivity index (χ0n) is 16.8. The summed E-state index contributed by atoms with van der Waals surface area (Å²) in [4.78, 5) is 41.3. The van der Waals surface area contributed by atoms with Crippen LogP contribution in [0.3, 0.4) is 0 Å². The highest BCUT2D eigenvalue weighted by atomic mass is 32.1. The summed E-state index contributed by atoms with van der Waals surface area (Å²) in [5.41, 5.74) is 7.68. The van der Waals surface area contributed by atoms with Crippen LogP contribution >= 0.6 is 11.3 Å². The molecule has 0 saturated heterocycles. The Labute approximate surface area is 183 Å². The van der Waals surface area contributed by atoms with E-state index in [1.807, 2.05) is 36.4 Å². The van der Waals surface area contributed by atoms with Gasteiger partial charge in [0.05, 0.1) is 7.11 Å². The average molecular weight is 439 g/mol. The Bertz CT molecular complexity index is 1040. The fourth-order valence-electron chi connectivity index (χ4n) is 2.85. The number of ether oxygens (including phenoxy) is 1. The van der Waals surface area contributed by atoms with E-state index in [9.17, 15) is 14.4 Å². The maximum Gasteiger partial charge on any atom is 0.357 e. The third-order valence-electron chi connectivity index (χ3n) is 4.49. The maximum atomic E-state index is 12.9. The summed E-state index contributed by atoms with van der Waals surface area (Å²) in [5.74, 6) is -1.54. The van der Waals surface area contributed by atoms with Gasteiger partial charge in [-0.25, -0.2) is 9.78 Å². The monoisotopic (exact) mass is 438 g/mol. The number of carbonyl (C=O) groups excluding carboxylic acids is 3. The molecule has 2 atom stereocenters. The number of nitrogens with two attached hydrogens (primary N) is 1. The number of hydrogen-bond donors (Lipinski definition) is 3. The van der Waals surface area contributed by atoms with Crippen LogP contribution in [0.25, 0.3) is 0 Å². The van der Waals surface area contributed by atoms with Crippen LogP contribution in [0.5, 0.6) is 0 Å². The number of nitrogens with zero attached hydrogens (tertiary/aromatic N) is 1. The van der Waals surface area contributed by atoms with Crippen LogP contribution in [0.4, 0.5) is 5.13 Å². The molecule has 160 valence electrons. The maximum absolute atomic E-state index is 12.9. The molecule has 1 aromatic heterocycles. The van der Waals surface area contributed by atoms with E-state index >= 15 is 0 Å². The second-order valence-corrected chi connectivity index (χ2v) is 7.52. The fraction of sp³-hybridized carbons (Fsp3) is 0.182. The van der Waals surface area contributed by atoms with Gasteiger partial charge in [0.1, 0.15) is 12.1 Å². The Morgan fingerprint density at radius 3 is 2.32 bits per heavy atom. The molecule has 31 heavy (non-hydrogen) atoms. The minimum atomic E-state index is -0.918. The van der Waals surface area contributed by atoms with Crippen molar-refractivity contribution in [3.8, 4) is 0 Å². The van der Waals surface area contributed by atoms with Crippen LogP contribution < -0.4 is 16.4 Å².